The molecule has 1 aromatic heterocycles. The zero-order valence-corrected chi connectivity index (χ0v) is 10.2. The van der Waals surface area contributed by atoms with Crippen molar-refractivity contribution in [2.45, 2.75) is 19.4 Å². The van der Waals surface area contributed by atoms with E-state index in [0.29, 0.717) is 0 Å². The van der Waals surface area contributed by atoms with Gasteiger partial charge in [-0.15, -0.1) is 0 Å². The summed E-state index contributed by atoms with van der Waals surface area (Å²) < 4.78 is 5.05. The highest BCUT2D eigenvalue weighted by Gasteiger charge is 2.10. The molecule has 1 amide bonds. The first-order chi connectivity index (χ1) is 8.66. The van der Waals surface area contributed by atoms with E-state index < -0.39 is 0 Å². The summed E-state index contributed by atoms with van der Waals surface area (Å²) in [4.78, 5) is 11.0. The molecule has 1 aromatic carbocycles. The van der Waals surface area contributed by atoms with Crippen LogP contribution in [0.2, 0.25) is 0 Å². The number of carbonyl (C=O) groups excluding carboxylic acids is 1. The Bertz CT molecular complexity index is 520. The van der Waals surface area contributed by atoms with E-state index in [4.69, 9.17) is 10.2 Å². The van der Waals surface area contributed by atoms with Crippen LogP contribution < -0.4 is 11.1 Å². The maximum Gasteiger partial charge on any atom is 0.221 e. The molecule has 0 aliphatic rings. The SMILES string of the molecule is CC(Nc1ccccc1CC(N)=O)c1ccoc1. The van der Waals surface area contributed by atoms with E-state index in [1.165, 1.54) is 0 Å². The van der Waals surface area contributed by atoms with E-state index in [1.54, 1.807) is 12.5 Å². The van der Waals surface area contributed by atoms with E-state index in [2.05, 4.69) is 5.32 Å². The van der Waals surface area contributed by atoms with Gasteiger partial charge in [-0.2, -0.15) is 0 Å². The van der Waals surface area contributed by atoms with Crippen LogP contribution in [-0.2, 0) is 11.2 Å². The molecule has 18 heavy (non-hydrogen) atoms. The van der Waals surface area contributed by atoms with Gasteiger partial charge in [-0.05, 0) is 24.6 Å². The van der Waals surface area contributed by atoms with Crippen molar-refractivity contribution in [2.24, 2.45) is 5.73 Å². The molecule has 0 bridgehead atoms. The number of hydrogen-bond donors (Lipinski definition) is 2. The molecule has 0 aliphatic heterocycles. The molecule has 0 saturated carbocycles. The highest BCUT2D eigenvalue weighted by molar-refractivity contribution is 5.78. The lowest BCUT2D eigenvalue weighted by atomic mass is 10.1. The summed E-state index contributed by atoms with van der Waals surface area (Å²) in [5, 5.41) is 3.35. The number of amides is 1. The van der Waals surface area contributed by atoms with Crippen LogP contribution in [0.1, 0.15) is 24.1 Å². The third kappa shape index (κ3) is 2.91. The third-order valence-electron chi connectivity index (χ3n) is 2.80. The second-order valence-electron chi connectivity index (χ2n) is 4.22. The van der Waals surface area contributed by atoms with Crippen molar-refractivity contribution in [1.29, 1.82) is 0 Å². The number of para-hydroxylation sites is 1. The van der Waals surface area contributed by atoms with Crippen molar-refractivity contribution in [2.75, 3.05) is 5.32 Å². The topological polar surface area (TPSA) is 68.3 Å². The highest BCUT2D eigenvalue weighted by atomic mass is 16.3. The van der Waals surface area contributed by atoms with E-state index in [-0.39, 0.29) is 18.4 Å². The molecule has 1 heterocycles. The number of furan rings is 1. The lowest BCUT2D eigenvalue weighted by Crippen LogP contribution is -2.15. The highest BCUT2D eigenvalue weighted by Crippen LogP contribution is 2.22. The summed E-state index contributed by atoms with van der Waals surface area (Å²) in [5.74, 6) is -0.333. The Morgan fingerprint density at radius 2 is 2.17 bits per heavy atom. The van der Waals surface area contributed by atoms with Gasteiger partial charge >= 0.3 is 0 Å². The quantitative estimate of drug-likeness (QED) is 0.849. The Kier molecular flexibility index (Phi) is 3.67. The molecule has 1 atom stereocenters. The normalized spacial score (nSPS) is 12.1. The van der Waals surface area contributed by atoms with Crippen molar-refractivity contribution >= 4 is 11.6 Å². The minimum absolute atomic E-state index is 0.109. The largest absolute Gasteiger partial charge is 0.472 e. The molecule has 0 radical (unpaired) electrons. The molecule has 1 unspecified atom stereocenters. The fourth-order valence-electron chi connectivity index (χ4n) is 1.84. The van der Waals surface area contributed by atoms with E-state index >= 15 is 0 Å². The van der Waals surface area contributed by atoms with E-state index in [0.717, 1.165) is 16.8 Å². The number of hydrogen-bond acceptors (Lipinski definition) is 3. The Balaban J connectivity index is 2.16. The van der Waals surface area contributed by atoms with Crippen LogP contribution in [0.25, 0.3) is 0 Å². The lowest BCUT2D eigenvalue weighted by Gasteiger charge is -2.16. The van der Waals surface area contributed by atoms with Gasteiger partial charge in [0.15, 0.2) is 0 Å². The van der Waals surface area contributed by atoms with Gasteiger partial charge in [0.05, 0.1) is 25.0 Å². The van der Waals surface area contributed by atoms with Crippen molar-refractivity contribution in [3.05, 3.63) is 54.0 Å². The number of nitrogens with two attached hydrogens (primary N) is 1. The zero-order valence-electron chi connectivity index (χ0n) is 10.2. The monoisotopic (exact) mass is 244 g/mol. The molecule has 94 valence electrons. The zero-order chi connectivity index (χ0) is 13.0. The van der Waals surface area contributed by atoms with Crippen LogP contribution >= 0.6 is 0 Å². The first kappa shape index (κ1) is 12.2. The molecular formula is C14H16N2O2. The number of anilines is 1. The molecule has 0 spiro atoms. The Morgan fingerprint density at radius 1 is 1.39 bits per heavy atom. The van der Waals surface area contributed by atoms with Crippen LogP contribution in [-0.4, -0.2) is 5.91 Å². The fraction of sp³-hybridized carbons (Fsp3) is 0.214. The van der Waals surface area contributed by atoms with Gasteiger partial charge in [-0.25, -0.2) is 0 Å². The maximum atomic E-state index is 11.0. The van der Waals surface area contributed by atoms with Gasteiger partial charge in [0, 0.05) is 11.3 Å². The average molecular weight is 244 g/mol. The van der Waals surface area contributed by atoms with Gasteiger partial charge in [-0.3, -0.25) is 4.79 Å². The summed E-state index contributed by atoms with van der Waals surface area (Å²) in [6.45, 7) is 2.03. The first-order valence-corrected chi connectivity index (χ1v) is 5.81. The van der Waals surface area contributed by atoms with Crippen LogP contribution in [0, 0.1) is 0 Å². The molecule has 0 saturated heterocycles. The van der Waals surface area contributed by atoms with Crippen molar-refractivity contribution < 1.29 is 9.21 Å². The fourth-order valence-corrected chi connectivity index (χ4v) is 1.84. The van der Waals surface area contributed by atoms with Crippen LogP contribution in [0.3, 0.4) is 0 Å². The minimum Gasteiger partial charge on any atom is -0.472 e. The van der Waals surface area contributed by atoms with Gasteiger partial charge in [0.2, 0.25) is 5.91 Å². The standard InChI is InChI=1S/C14H16N2O2/c1-10(12-6-7-18-9-12)16-13-5-3-2-4-11(13)8-14(15)17/h2-7,9-10,16H,8H2,1H3,(H2,15,17). The second kappa shape index (κ2) is 5.40. The van der Waals surface area contributed by atoms with E-state index in [9.17, 15) is 4.79 Å². The van der Waals surface area contributed by atoms with Crippen molar-refractivity contribution in [1.82, 2.24) is 0 Å². The predicted octanol–water partition coefficient (Wildman–Crippen LogP) is 2.48. The van der Waals surface area contributed by atoms with Gasteiger partial charge in [0.25, 0.3) is 0 Å². The van der Waals surface area contributed by atoms with Crippen LogP contribution in [0.4, 0.5) is 5.69 Å². The Morgan fingerprint density at radius 3 is 2.83 bits per heavy atom. The number of carbonyl (C=O) groups is 1. The molecule has 0 aliphatic carbocycles. The molecular weight excluding hydrogens is 228 g/mol. The first-order valence-electron chi connectivity index (χ1n) is 5.81. The Labute approximate surface area is 106 Å². The second-order valence-corrected chi connectivity index (χ2v) is 4.22. The number of rotatable bonds is 5. The maximum absolute atomic E-state index is 11.0. The van der Waals surface area contributed by atoms with Crippen molar-refractivity contribution in [3.8, 4) is 0 Å². The third-order valence-corrected chi connectivity index (χ3v) is 2.80. The molecule has 2 rings (SSSR count). The molecule has 2 aromatic rings. The van der Waals surface area contributed by atoms with E-state index in [1.807, 2.05) is 37.3 Å². The molecule has 4 heteroatoms. The molecule has 3 N–H and O–H groups in total. The smallest absolute Gasteiger partial charge is 0.221 e. The molecule has 4 nitrogen and oxygen atoms in total. The summed E-state index contributed by atoms with van der Waals surface area (Å²) >= 11 is 0. The summed E-state index contributed by atoms with van der Waals surface area (Å²) in [7, 11) is 0. The van der Waals surface area contributed by atoms with Crippen molar-refractivity contribution in [3.63, 3.8) is 0 Å². The van der Waals surface area contributed by atoms with Gasteiger partial charge in [-0.1, -0.05) is 18.2 Å². The number of primary amides is 1. The average Bonchev–Trinajstić information content (AvgIpc) is 2.84. The summed E-state index contributed by atoms with van der Waals surface area (Å²) in [5.41, 5.74) is 8.12. The van der Waals surface area contributed by atoms with Crippen LogP contribution in [0.5, 0.6) is 0 Å². The number of nitrogens with one attached hydrogen (secondary N) is 1. The summed E-state index contributed by atoms with van der Waals surface area (Å²) in [6, 6.07) is 9.68. The van der Waals surface area contributed by atoms with Gasteiger partial charge in [0.1, 0.15) is 0 Å². The van der Waals surface area contributed by atoms with Gasteiger partial charge < -0.3 is 15.5 Å². The summed E-state index contributed by atoms with van der Waals surface area (Å²) in [6.07, 6.45) is 3.58. The number of benzene rings is 1. The minimum atomic E-state index is -0.333. The Hall–Kier alpha value is -2.23. The lowest BCUT2D eigenvalue weighted by molar-refractivity contribution is -0.117. The molecule has 0 fully saturated rings. The predicted molar refractivity (Wildman–Crippen MR) is 70.1 cm³/mol. The van der Waals surface area contributed by atoms with Crippen LogP contribution in [0.15, 0.2) is 47.3 Å².